The molecule has 0 fully saturated rings. The molecule has 0 aliphatic rings. The summed E-state index contributed by atoms with van der Waals surface area (Å²) in [6.07, 6.45) is 0. The van der Waals surface area contributed by atoms with E-state index in [0.717, 1.165) is 9.35 Å². The van der Waals surface area contributed by atoms with Crippen molar-refractivity contribution in [2.24, 2.45) is 0 Å². The molecular weight excluding hydrogens is 314 g/mol. The first-order valence-corrected chi connectivity index (χ1v) is 6.92. The van der Waals surface area contributed by atoms with Crippen LogP contribution in [-0.2, 0) is 0 Å². The van der Waals surface area contributed by atoms with Crippen LogP contribution in [0.25, 0.3) is 0 Å². The maximum atomic E-state index is 12.0. The Labute approximate surface area is 118 Å². The standard InChI is InChI=1S/C13H12BrNO2S/c1-8-3-6-12(18-8)13(16)15-11-7-9(17-2)4-5-10(11)14/h3-7H,1-2H3,(H,15,16). The van der Waals surface area contributed by atoms with Gasteiger partial charge in [-0.15, -0.1) is 11.3 Å². The fourth-order valence-electron chi connectivity index (χ4n) is 1.47. The highest BCUT2D eigenvalue weighted by atomic mass is 79.9. The Morgan fingerprint density at radius 3 is 2.72 bits per heavy atom. The average molecular weight is 326 g/mol. The Morgan fingerprint density at radius 2 is 2.11 bits per heavy atom. The molecule has 0 saturated heterocycles. The SMILES string of the molecule is COc1ccc(Br)c(NC(=O)c2ccc(C)s2)c1. The van der Waals surface area contributed by atoms with E-state index >= 15 is 0 Å². The molecule has 1 aromatic heterocycles. The molecule has 0 radical (unpaired) electrons. The van der Waals surface area contributed by atoms with Gasteiger partial charge in [-0.25, -0.2) is 0 Å². The van der Waals surface area contributed by atoms with Crippen molar-refractivity contribution in [1.29, 1.82) is 0 Å². The zero-order chi connectivity index (χ0) is 13.1. The van der Waals surface area contributed by atoms with Crippen molar-refractivity contribution in [1.82, 2.24) is 0 Å². The minimum Gasteiger partial charge on any atom is -0.497 e. The number of hydrogen-bond acceptors (Lipinski definition) is 3. The van der Waals surface area contributed by atoms with Gasteiger partial charge >= 0.3 is 0 Å². The number of hydrogen-bond donors (Lipinski definition) is 1. The van der Waals surface area contributed by atoms with Crippen molar-refractivity contribution in [3.05, 3.63) is 44.6 Å². The van der Waals surface area contributed by atoms with E-state index in [4.69, 9.17) is 4.74 Å². The minimum atomic E-state index is -0.109. The van der Waals surface area contributed by atoms with E-state index in [1.165, 1.54) is 11.3 Å². The molecule has 18 heavy (non-hydrogen) atoms. The molecule has 1 amide bonds. The van der Waals surface area contributed by atoms with Crippen LogP contribution in [0.1, 0.15) is 14.5 Å². The number of nitrogens with one attached hydrogen (secondary N) is 1. The summed E-state index contributed by atoms with van der Waals surface area (Å²) in [6.45, 7) is 1.98. The van der Waals surface area contributed by atoms with Gasteiger partial charge in [0, 0.05) is 15.4 Å². The van der Waals surface area contributed by atoms with Crippen LogP contribution in [0, 0.1) is 6.92 Å². The predicted octanol–water partition coefficient (Wildman–Crippen LogP) is 4.08. The second kappa shape index (κ2) is 5.54. The minimum absolute atomic E-state index is 0.109. The Balaban J connectivity index is 2.21. The number of aryl methyl sites for hydroxylation is 1. The Bertz CT molecular complexity index is 580. The van der Waals surface area contributed by atoms with Crippen molar-refractivity contribution in [2.45, 2.75) is 6.92 Å². The number of thiophene rings is 1. The zero-order valence-corrected chi connectivity index (χ0v) is 12.4. The molecule has 0 bridgehead atoms. The van der Waals surface area contributed by atoms with Gasteiger partial charge in [0.25, 0.3) is 5.91 Å². The smallest absolute Gasteiger partial charge is 0.265 e. The van der Waals surface area contributed by atoms with Gasteiger partial charge in [0.1, 0.15) is 5.75 Å². The van der Waals surface area contributed by atoms with Gasteiger partial charge < -0.3 is 10.1 Å². The summed E-state index contributed by atoms with van der Waals surface area (Å²) >= 11 is 4.87. The monoisotopic (exact) mass is 325 g/mol. The second-order valence-electron chi connectivity index (χ2n) is 3.71. The van der Waals surface area contributed by atoms with E-state index < -0.39 is 0 Å². The maximum absolute atomic E-state index is 12.0. The van der Waals surface area contributed by atoms with Gasteiger partial charge in [0.05, 0.1) is 17.7 Å². The highest BCUT2D eigenvalue weighted by Crippen LogP contribution is 2.28. The molecule has 0 unspecified atom stereocenters. The molecule has 1 aromatic carbocycles. The number of rotatable bonds is 3. The largest absolute Gasteiger partial charge is 0.497 e. The highest BCUT2D eigenvalue weighted by molar-refractivity contribution is 9.10. The third kappa shape index (κ3) is 2.91. The van der Waals surface area contributed by atoms with Gasteiger partial charge in [0.15, 0.2) is 0 Å². The molecule has 2 aromatic rings. The summed E-state index contributed by atoms with van der Waals surface area (Å²) in [5.41, 5.74) is 0.699. The van der Waals surface area contributed by atoms with Gasteiger partial charge in [-0.2, -0.15) is 0 Å². The molecule has 94 valence electrons. The number of halogens is 1. The van der Waals surface area contributed by atoms with Crippen LogP contribution in [0.15, 0.2) is 34.8 Å². The highest BCUT2D eigenvalue weighted by Gasteiger charge is 2.10. The first kappa shape index (κ1) is 13.1. The van der Waals surface area contributed by atoms with Crippen LogP contribution in [0.3, 0.4) is 0 Å². The normalized spacial score (nSPS) is 10.2. The molecule has 0 atom stereocenters. The lowest BCUT2D eigenvalue weighted by molar-refractivity contribution is 0.103. The Hall–Kier alpha value is -1.33. The number of carbonyl (C=O) groups is 1. The number of methoxy groups -OCH3 is 1. The zero-order valence-electron chi connectivity index (χ0n) is 9.99. The van der Waals surface area contributed by atoms with Gasteiger partial charge in [0.2, 0.25) is 0 Å². The Kier molecular flexibility index (Phi) is 4.04. The van der Waals surface area contributed by atoms with E-state index in [1.54, 1.807) is 13.2 Å². The quantitative estimate of drug-likeness (QED) is 0.923. The van der Waals surface area contributed by atoms with Crippen LogP contribution < -0.4 is 10.1 Å². The fraction of sp³-hybridized carbons (Fsp3) is 0.154. The molecule has 3 nitrogen and oxygen atoms in total. The number of anilines is 1. The first-order valence-electron chi connectivity index (χ1n) is 5.31. The summed E-state index contributed by atoms with van der Waals surface area (Å²) in [6, 6.07) is 9.20. The Morgan fingerprint density at radius 1 is 1.33 bits per heavy atom. The molecule has 0 aliphatic carbocycles. The number of amides is 1. The average Bonchev–Trinajstić information content (AvgIpc) is 2.79. The van der Waals surface area contributed by atoms with Gasteiger partial charge in [-0.05, 0) is 47.1 Å². The molecular formula is C13H12BrNO2S. The van der Waals surface area contributed by atoms with Crippen LogP contribution >= 0.6 is 27.3 Å². The molecule has 2 rings (SSSR count). The molecule has 5 heteroatoms. The number of carbonyl (C=O) groups excluding carboxylic acids is 1. The van der Waals surface area contributed by atoms with Crippen molar-refractivity contribution in [3.63, 3.8) is 0 Å². The lowest BCUT2D eigenvalue weighted by atomic mass is 10.3. The second-order valence-corrected chi connectivity index (χ2v) is 5.85. The van der Waals surface area contributed by atoms with Crippen molar-refractivity contribution >= 4 is 38.9 Å². The summed E-state index contributed by atoms with van der Waals surface area (Å²) in [4.78, 5) is 13.8. The summed E-state index contributed by atoms with van der Waals surface area (Å²) in [5.74, 6) is 0.595. The topological polar surface area (TPSA) is 38.3 Å². The predicted molar refractivity (Wildman–Crippen MR) is 77.7 cm³/mol. The molecule has 0 saturated carbocycles. The van der Waals surface area contributed by atoms with Gasteiger partial charge in [-0.1, -0.05) is 0 Å². The van der Waals surface area contributed by atoms with E-state index in [1.807, 2.05) is 31.2 Å². The van der Waals surface area contributed by atoms with Crippen LogP contribution in [0.5, 0.6) is 5.75 Å². The van der Waals surface area contributed by atoms with E-state index in [-0.39, 0.29) is 5.91 Å². The van der Waals surface area contributed by atoms with Crippen molar-refractivity contribution in [2.75, 3.05) is 12.4 Å². The molecule has 0 spiro atoms. The van der Waals surface area contributed by atoms with Gasteiger partial charge in [-0.3, -0.25) is 4.79 Å². The third-order valence-corrected chi connectivity index (χ3v) is 4.08. The fourth-order valence-corrected chi connectivity index (χ4v) is 2.58. The third-order valence-electron chi connectivity index (χ3n) is 2.39. The summed E-state index contributed by atoms with van der Waals surface area (Å²) in [5, 5.41) is 2.86. The summed E-state index contributed by atoms with van der Waals surface area (Å²) in [7, 11) is 1.59. The van der Waals surface area contributed by atoms with Crippen molar-refractivity contribution < 1.29 is 9.53 Å². The van der Waals surface area contributed by atoms with Crippen LogP contribution in [-0.4, -0.2) is 13.0 Å². The number of ether oxygens (including phenoxy) is 1. The molecule has 0 aliphatic heterocycles. The van der Waals surface area contributed by atoms with Crippen LogP contribution in [0.2, 0.25) is 0 Å². The maximum Gasteiger partial charge on any atom is 0.265 e. The van der Waals surface area contributed by atoms with E-state index in [0.29, 0.717) is 16.3 Å². The first-order chi connectivity index (χ1) is 8.60. The molecule has 1 heterocycles. The lowest BCUT2D eigenvalue weighted by Crippen LogP contribution is -2.10. The van der Waals surface area contributed by atoms with E-state index in [9.17, 15) is 4.79 Å². The van der Waals surface area contributed by atoms with Crippen molar-refractivity contribution in [3.8, 4) is 5.75 Å². The lowest BCUT2D eigenvalue weighted by Gasteiger charge is -2.08. The number of benzene rings is 1. The summed E-state index contributed by atoms with van der Waals surface area (Å²) < 4.78 is 5.96. The van der Waals surface area contributed by atoms with E-state index in [2.05, 4.69) is 21.2 Å². The molecule has 1 N–H and O–H groups in total. The van der Waals surface area contributed by atoms with Crippen LogP contribution in [0.4, 0.5) is 5.69 Å².